The van der Waals surface area contributed by atoms with Crippen LogP contribution in [0.15, 0.2) is 48.5 Å². The number of rotatable bonds is 4. The molecule has 7 nitrogen and oxygen atoms in total. The largest absolute Gasteiger partial charge is 0.478 e. The molecular weight excluding hydrogens is 532 g/mol. The molecule has 0 radical (unpaired) electrons. The summed E-state index contributed by atoms with van der Waals surface area (Å²) in [5, 5.41) is 11.7. The number of alkyl halides is 2. The zero-order valence-electron chi connectivity index (χ0n) is 16.1. The Morgan fingerprint density at radius 2 is 1.48 bits per heavy atom. The number of halogens is 2. The fourth-order valence-corrected chi connectivity index (χ4v) is 5.28. The van der Waals surface area contributed by atoms with E-state index in [2.05, 4.69) is 37.2 Å². The molecule has 2 aromatic carbocycles. The number of benzene rings is 2. The molecule has 0 aromatic heterocycles. The molecule has 4 rings (SSSR count). The number of nitrogens with zero attached hydrogens (tertiary/aromatic N) is 1. The lowest BCUT2D eigenvalue weighted by Crippen LogP contribution is -2.34. The lowest BCUT2D eigenvalue weighted by atomic mass is 9.81. The molecule has 160 valence electrons. The molecule has 1 aliphatic carbocycles. The molecule has 9 heteroatoms. The third-order valence-corrected chi connectivity index (χ3v) is 8.40. The highest BCUT2D eigenvalue weighted by molar-refractivity contribution is 9.12. The van der Waals surface area contributed by atoms with Crippen LogP contribution in [-0.2, 0) is 9.59 Å². The highest BCUT2D eigenvalue weighted by Gasteiger charge is 2.52. The molecule has 1 aliphatic heterocycles. The van der Waals surface area contributed by atoms with Gasteiger partial charge in [0.25, 0.3) is 5.91 Å². The Kier molecular flexibility index (Phi) is 5.98. The van der Waals surface area contributed by atoms with E-state index in [0.717, 1.165) is 0 Å². The number of amides is 3. The number of fused-ring (bicyclic) bond motifs is 1. The van der Waals surface area contributed by atoms with Gasteiger partial charge in [-0.25, -0.2) is 4.79 Å². The summed E-state index contributed by atoms with van der Waals surface area (Å²) in [4.78, 5) is 50.9. The summed E-state index contributed by atoms with van der Waals surface area (Å²) in [6.45, 7) is 0. The summed E-state index contributed by atoms with van der Waals surface area (Å²) in [6.07, 6.45) is 1.19. The van der Waals surface area contributed by atoms with Crippen LogP contribution in [-0.4, -0.2) is 38.5 Å². The van der Waals surface area contributed by atoms with Gasteiger partial charge in [-0.05, 0) is 55.3 Å². The van der Waals surface area contributed by atoms with Crippen LogP contribution in [0.2, 0.25) is 0 Å². The van der Waals surface area contributed by atoms with Gasteiger partial charge >= 0.3 is 5.97 Å². The third-order valence-electron chi connectivity index (χ3n) is 5.67. The zero-order valence-corrected chi connectivity index (χ0v) is 19.3. The van der Waals surface area contributed by atoms with Crippen LogP contribution in [0.3, 0.4) is 0 Å². The second-order valence-electron chi connectivity index (χ2n) is 7.62. The van der Waals surface area contributed by atoms with Crippen molar-refractivity contribution in [1.82, 2.24) is 0 Å². The minimum atomic E-state index is -1.08. The molecule has 2 aromatic rings. The molecule has 2 aliphatic rings. The quantitative estimate of drug-likeness (QED) is 0.442. The van der Waals surface area contributed by atoms with Gasteiger partial charge in [0.05, 0.1) is 23.1 Å². The van der Waals surface area contributed by atoms with Crippen molar-refractivity contribution < 1.29 is 24.3 Å². The number of anilines is 2. The highest BCUT2D eigenvalue weighted by Crippen LogP contribution is 2.44. The number of nitrogens with one attached hydrogen (secondary N) is 1. The molecule has 3 amide bonds. The first-order valence-corrected chi connectivity index (χ1v) is 11.5. The van der Waals surface area contributed by atoms with Gasteiger partial charge in [0.2, 0.25) is 11.8 Å². The predicted octanol–water partition coefficient (Wildman–Crippen LogP) is 4.06. The number of carboxylic acids is 1. The van der Waals surface area contributed by atoms with Crippen LogP contribution in [0.25, 0.3) is 0 Å². The number of carboxylic acid groups (broad SMARTS) is 1. The maximum atomic E-state index is 12.9. The Hall–Kier alpha value is -2.52. The number of aromatic carboxylic acids is 1. The van der Waals surface area contributed by atoms with Crippen molar-refractivity contribution in [3.63, 3.8) is 0 Å². The van der Waals surface area contributed by atoms with Gasteiger partial charge in [0.15, 0.2) is 0 Å². The summed E-state index contributed by atoms with van der Waals surface area (Å²) >= 11 is 7.15. The standard InChI is InChI=1S/C22H18Br2N2O5/c23-17-9-15-16(10-18(17)24)21(29)26(20(15)28)14-6-4-11(5-7-14)19(27)25-13-3-1-2-12(8-13)22(30)31/h1-8,15-18H,9-10H2,(H,25,27)(H,30,31)/t15-,16-,17+,18+/m1/s1. The van der Waals surface area contributed by atoms with Gasteiger partial charge in [-0.15, -0.1) is 0 Å². The maximum Gasteiger partial charge on any atom is 0.335 e. The van der Waals surface area contributed by atoms with Crippen molar-refractivity contribution in [2.75, 3.05) is 10.2 Å². The van der Waals surface area contributed by atoms with Crippen molar-refractivity contribution in [3.8, 4) is 0 Å². The fourth-order valence-electron chi connectivity index (χ4n) is 4.04. The first kappa shape index (κ1) is 21.7. The monoisotopic (exact) mass is 548 g/mol. The Bertz CT molecular complexity index is 1040. The van der Waals surface area contributed by atoms with Crippen molar-refractivity contribution in [1.29, 1.82) is 0 Å². The third kappa shape index (κ3) is 4.16. The molecule has 31 heavy (non-hydrogen) atoms. The van der Waals surface area contributed by atoms with E-state index in [9.17, 15) is 19.2 Å². The van der Waals surface area contributed by atoms with Crippen LogP contribution in [0.5, 0.6) is 0 Å². The van der Waals surface area contributed by atoms with Gasteiger partial charge in [0.1, 0.15) is 0 Å². The molecule has 2 N–H and O–H groups in total. The first-order chi connectivity index (χ1) is 14.8. The summed E-state index contributed by atoms with van der Waals surface area (Å²) < 4.78 is 0. The van der Waals surface area contributed by atoms with Crippen LogP contribution in [0.1, 0.15) is 33.6 Å². The van der Waals surface area contributed by atoms with Crippen molar-refractivity contribution in [2.45, 2.75) is 22.5 Å². The molecule has 2 fully saturated rings. The average Bonchev–Trinajstić information content (AvgIpc) is 2.98. The maximum absolute atomic E-state index is 12.9. The number of hydrogen-bond acceptors (Lipinski definition) is 4. The van der Waals surface area contributed by atoms with Gasteiger partial charge in [0, 0.05) is 20.9 Å². The van der Waals surface area contributed by atoms with Crippen LogP contribution in [0, 0.1) is 11.8 Å². The molecule has 1 saturated carbocycles. The van der Waals surface area contributed by atoms with Gasteiger partial charge in [-0.1, -0.05) is 37.9 Å². The number of imide groups is 1. The summed E-state index contributed by atoms with van der Waals surface area (Å²) in [6, 6.07) is 12.2. The van der Waals surface area contributed by atoms with Crippen molar-refractivity contribution in [2.24, 2.45) is 11.8 Å². The topological polar surface area (TPSA) is 104 Å². The SMILES string of the molecule is O=C(O)c1cccc(NC(=O)c2ccc(N3C(=O)[C@@H]4C[C@H](Br)[C@@H](Br)C[C@H]4C3=O)cc2)c1. The molecule has 0 bridgehead atoms. The molecular formula is C22H18Br2N2O5. The van der Waals surface area contributed by atoms with E-state index in [1.807, 2.05) is 0 Å². The van der Waals surface area contributed by atoms with Crippen LogP contribution < -0.4 is 10.2 Å². The van der Waals surface area contributed by atoms with E-state index in [0.29, 0.717) is 29.8 Å². The average molecular weight is 550 g/mol. The first-order valence-electron chi connectivity index (χ1n) is 9.67. The summed E-state index contributed by atoms with van der Waals surface area (Å²) in [5.41, 5.74) is 1.18. The Morgan fingerprint density at radius 3 is 2.03 bits per heavy atom. The van der Waals surface area contributed by atoms with Crippen LogP contribution >= 0.6 is 31.9 Å². The Morgan fingerprint density at radius 1 is 0.903 bits per heavy atom. The summed E-state index contributed by atoms with van der Waals surface area (Å²) in [5.74, 6) is -2.60. The zero-order chi connectivity index (χ0) is 22.3. The van der Waals surface area contributed by atoms with E-state index in [-0.39, 0.29) is 38.9 Å². The molecule has 4 atom stereocenters. The second-order valence-corrected chi connectivity index (χ2v) is 9.97. The lowest BCUT2D eigenvalue weighted by molar-refractivity contribution is -0.122. The van der Waals surface area contributed by atoms with Gasteiger partial charge < -0.3 is 10.4 Å². The van der Waals surface area contributed by atoms with Gasteiger partial charge in [-0.3, -0.25) is 19.3 Å². The minimum absolute atomic E-state index is 0.0668. The summed E-state index contributed by atoms with van der Waals surface area (Å²) in [7, 11) is 0. The Labute approximate surface area is 195 Å². The van der Waals surface area contributed by atoms with Crippen LogP contribution in [0.4, 0.5) is 11.4 Å². The molecule has 1 saturated heterocycles. The predicted molar refractivity (Wildman–Crippen MR) is 122 cm³/mol. The number of carbonyl (C=O) groups excluding carboxylic acids is 3. The Balaban J connectivity index is 1.50. The lowest BCUT2D eigenvalue weighted by Gasteiger charge is -2.29. The van der Waals surface area contributed by atoms with Gasteiger partial charge in [-0.2, -0.15) is 0 Å². The van der Waals surface area contributed by atoms with E-state index >= 15 is 0 Å². The second kappa shape index (κ2) is 8.55. The van der Waals surface area contributed by atoms with Crippen molar-refractivity contribution >= 4 is 66.9 Å². The minimum Gasteiger partial charge on any atom is -0.478 e. The van der Waals surface area contributed by atoms with E-state index in [1.54, 1.807) is 24.3 Å². The normalized spacial score (nSPS) is 25.3. The van der Waals surface area contributed by atoms with E-state index < -0.39 is 11.9 Å². The molecule has 1 heterocycles. The highest BCUT2D eigenvalue weighted by atomic mass is 79.9. The van der Waals surface area contributed by atoms with E-state index in [1.165, 1.54) is 29.2 Å². The molecule has 0 spiro atoms. The smallest absolute Gasteiger partial charge is 0.335 e. The fraction of sp³-hybridized carbons (Fsp3) is 0.273. The van der Waals surface area contributed by atoms with Crippen molar-refractivity contribution in [3.05, 3.63) is 59.7 Å². The molecule has 0 unspecified atom stereocenters. The number of hydrogen-bond donors (Lipinski definition) is 2. The number of carbonyl (C=O) groups is 4. The van der Waals surface area contributed by atoms with E-state index in [4.69, 9.17) is 5.11 Å².